The number of fused-ring (bicyclic) bond motifs is 5. The first-order valence-corrected chi connectivity index (χ1v) is 8.27. The number of aliphatic hydroxyl groups excluding tert-OH is 1. The van der Waals surface area contributed by atoms with Crippen LogP contribution < -0.4 is 4.74 Å². The normalized spacial score (nSPS) is 15.6. The zero-order valence-electron chi connectivity index (χ0n) is 14.0. The molecular formula is C21H21NO2. The van der Waals surface area contributed by atoms with Crippen LogP contribution in [-0.2, 0) is 0 Å². The molecule has 1 N–H and O–H groups in total. The minimum absolute atomic E-state index is 0.586. The maximum atomic E-state index is 10.8. The summed E-state index contributed by atoms with van der Waals surface area (Å²) in [4.78, 5) is 2.10. The zero-order chi connectivity index (χ0) is 16.7. The summed E-state index contributed by atoms with van der Waals surface area (Å²) < 4.78 is 6.05. The van der Waals surface area contributed by atoms with Crippen molar-refractivity contribution in [3.63, 3.8) is 0 Å². The highest BCUT2D eigenvalue weighted by Crippen LogP contribution is 2.49. The van der Waals surface area contributed by atoms with Crippen molar-refractivity contribution in [1.82, 2.24) is 4.90 Å². The van der Waals surface area contributed by atoms with Gasteiger partial charge < -0.3 is 14.7 Å². The lowest BCUT2D eigenvalue weighted by Gasteiger charge is -2.16. The Kier molecular flexibility index (Phi) is 3.75. The summed E-state index contributed by atoms with van der Waals surface area (Å²) in [5, 5.41) is 13.0. The van der Waals surface area contributed by atoms with Crippen LogP contribution in [0.15, 0.2) is 54.6 Å². The summed E-state index contributed by atoms with van der Waals surface area (Å²) in [6, 6.07) is 18.4. The zero-order valence-corrected chi connectivity index (χ0v) is 14.0. The van der Waals surface area contributed by atoms with E-state index >= 15 is 0 Å². The van der Waals surface area contributed by atoms with Crippen LogP contribution in [0.3, 0.4) is 0 Å². The summed E-state index contributed by atoms with van der Waals surface area (Å²) >= 11 is 0. The van der Waals surface area contributed by atoms with Crippen molar-refractivity contribution < 1.29 is 9.84 Å². The second-order valence-corrected chi connectivity index (χ2v) is 6.53. The highest BCUT2D eigenvalue weighted by atomic mass is 16.5. The third-order valence-electron chi connectivity index (χ3n) is 4.65. The van der Waals surface area contributed by atoms with Crippen LogP contribution >= 0.6 is 0 Å². The molecule has 0 amide bonds. The number of likely N-dealkylation sites (N-methyl/N-ethyl adjacent to an activating group) is 1. The van der Waals surface area contributed by atoms with E-state index in [0.29, 0.717) is 6.61 Å². The number of aliphatic hydroxyl groups is 1. The van der Waals surface area contributed by atoms with Gasteiger partial charge in [0.1, 0.15) is 18.5 Å². The maximum absolute atomic E-state index is 10.8. The molecule has 0 spiro atoms. The number of nitrogens with zero attached hydrogens (tertiary/aromatic N) is 1. The van der Waals surface area contributed by atoms with E-state index in [0.717, 1.165) is 45.3 Å². The van der Waals surface area contributed by atoms with Gasteiger partial charge in [0.25, 0.3) is 0 Å². The fraction of sp³-hybridized carbons (Fsp3) is 0.238. The summed E-state index contributed by atoms with van der Waals surface area (Å²) in [5.74, 6) is 0.845. The predicted octanol–water partition coefficient (Wildman–Crippen LogP) is 3.84. The van der Waals surface area contributed by atoms with Crippen molar-refractivity contribution in [2.45, 2.75) is 6.10 Å². The smallest absolute Gasteiger partial charge is 0.127 e. The largest absolute Gasteiger partial charge is 0.492 e. The van der Waals surface area contributed by atoms with Gasteiger partial charge in [-0.15, -0.1) is 0 Å². The van der Waals surface area contributed by atoms with Crippen LogP contribution in [-0.4, -0.2) is 37.3 Å². The number of benzene rings is 3. The second-order valence-electron chi connectivity index (χ2n) is 6.53. The molecule has 1 aliphatic carbocycles. The van der Waals surface area contributed by atoms with E-state index in [2.05, 4.69) is 23.1 Å². The number of hydrogen-bond donors (Lipinski definition) is 1. The molecule has 3 heteroatoms. The minimum atomic E-state index is -0.586. The molecule has 1 atom stereocenters. The van der Waals surface area contributed by atoms with Crippen molar-refractivity contribution in [3.8, 4) is 16.9 Å². The van der Waals surface area contributed by atoms with Gasteiger partial charge in [0.05, 0.1) is 0 Å². The van der Waals surface area contributed by atoms with Crippen LogP contribution in [0.1, 0.15) is 17.2 Å². The van der Waals surface area contributed by atoms with E-state index in [4.69, 9.17) is 4.74 Å². The second kappa shape index (κ2) is 5.93. The van der Waals surface area contributed by atoms with Crippen molar-refractivity contribution >= 4 is 10.8 Å². The SMILES string of the molecule is CN(C)CCOc1cc2c(c3ccccc13)-c1ccccc1[C@H]2O. The molecule has 0 aliphatic heterocycles. The Morgan fingerprint density at radius 3 is 2.46 bits per heavy atom. The van der Waals surface area contributed by atoms with Gasteiger partial charge in [0, 0.05) is 11.9 Å². The summed E-state index contributed by atoms with van der Waals surface area (Å²) in [6.45, 7) is 1.48. The number of ether oxygens (including phenoxy) is 1. The molecule has 4 rings (SSSR count). The van der Waals surface area contributed by atoms with E-state index in [1.54, 1.807) is 0 Å². The lowest BCUT2D eigenvalue weighted by atomic mass is 9.97. The maximum Gasteiger partial charge on any atom is 0.127 e. The Hall–Kier alpha value is -2.36. The van der Waals surface area contributed by atoms with Crippen LogP contribution in [0.5, 0.6) is 5.75 Å². The van der Waals surface area contributed by atoms with E-state index in [1.807, 2.05) is 50.5 Å². The average molecular weight is 319 g/mol. The highest BCUT2D eigenvalue weighted by Gasteiger charge is 2.29. The third kappa shape index (κ3) is 2.37. The Bertz CT molecular complexity index is 901. The molecule has 122 valence electrons. The molecule has 0 saturated carbocycles. The van der Waals surface area contributed by atoms with Gasteiger partial charge in [0.15, 0.2) is 0 Å². The summed E-state index contributed by atoms with van der Waals surface area (Å²) in [5.41, 5.74) is 4.17. The Morgan fingerprint density at radius 1 is 0.958 bits per heavy atom. The Labute approximate surface area is 142 Å². The molecule has 3 aromatic carbocycles. The molecule has 0 aromatic heterocycles. The standard InChI is InChI=1S/C21H21NO2/c1-22(2)11-12-24-19-13-18-20(15-8-4-3-7-14(15)19)16-9-5-6-10-17(16)21(18)23/h3-10,13,21,23H,11-12H2,1-2H3/t21-/m1/s1. The number of rotatable bonds is 4. The molecular weight excluding hydrogens is 298 g/mol. The molecule has 1 aliphatic rings. The quantitative estimate of drug-likeness (QED) is 0.793. The fourth-order valence-corrected chi connectivity index (χ4v) is 3.47. The van der Waals surface area contributed by atoms with Gasteiger partial charge in [0.2, 0.25) is 0 Å². The first kappa shape index (κ1) is 15.2. The highest BCUT2D eigenvalue weighted by molar-refractivity contribution is 6.04. The average Bonchev–Trinajstić information content (AvgIpc) is 2.88. The predicted molar refractivity (Wildman–Crippen MR) is 97.5 cm³/mol. The van der Waals surface area contributed by atoms with Crippen molar-refractivity contribution in [2.24, 2.45) is 0 Å². The first-order chi connectivity index (χ1) is 11.7. The first-order valence-electron chi connectivity index (χ1n) is 8.27. The summed E-state index contributed by atoms with van der Waals surface area (Å²) in [7, 11) is 4.06. The molecule has 0 unspecified atom stereocenters. The van der Waals surface area contributed by atoms with Crippen molar-refractivity contribution in [3.05, 3.63) is 65.7 Å². The Morgan fingerprint density at radius 2 is 1.67 bits per heavy atom. The lowest BCUT2D eigenvalue weighted by molar-refractivity contribution is 0.223. The number of hydrogen-bond acceptors (Lipinski definition) is 3. The van der Waals surface area contributed by atoms with Gasteiger partial charge in [-0.2, -0.15) is 0 Å². The van der Waals surface area contributed by atoms with Gasteiger partial charge in [-0.1, -0.05) is 48.5 Å². The Balaban J connectivity index is 1.88. The van der Waals surface area contributed by atoms with Crippen molar-refractivity contribution in [1.29, 1.82) is 0 Å². The lowest BCUT2D eigenvalue weighted by Crippen LogP contribution is -2.19. The molecule has 0 fully saturated rings. The van der Waals surface area contributed by atoms with Crippen LogP contribution in [0.2, 0.25) is 0 Å². The van der Waals surface area contributed by atoms with Gasteiger partial charge >= 0.3 is 0 Å². The third-order valence-corrected chi connectivity index (χ3v) is 4.65. The fourth-order valence-electron chi connectivity index (χ4n) is 3.47. The topological polar surface area (TPSA) is 32.7 Å². The molecule has 0 heterocycles. The van der Waals surface area contributed by atoms with Gasteiger partial charge in [-0.05, 0) is 47.8 Å². The van der Waals surface area contributed by atoms with Crippen LogP contribution in [0, 0.1) is 0 Å². The molecule has 3 aromatic rings. The minimum Gasteiger partial charge on any atom is -0.492 e. The van der Waals surface area contributed by atoms with E-state index in [1.165, 1.54) is 0 Å². The molecule has 0 bridgehead atoms. The molecule has 24 heavy (non-hydrogen) atoms. The molecule has 0 saturated heterocycles. The summed E-state index contributed by atoms with van der Waals surface area (Å²) in [6.07, 6.45) is -0.586. The molecule has 3 nitrogen and oxygen atoms in total. The van der Waals surface area contributed by atoms with E-state index in [-0.39, 0.29) is 0 Å². The van der Waals surface area contributed by atoms with E-state index in [9.17, 15) is 5.11 Å². The monoisotopic (exact) mass is 319 g/mol. The van der Waals surface area contributed by atoms with E-state index < -0.39 is 6.10 Å². The van der Waals surface area contributed by atoms with Gasteiger partial charge in [-0.25, -0.2) is 0 Å². The van der Waals surface area contributed by atoms with Crippen LogP contribution in [0.4, 0.5) is 0 Å². The van der Waals surface area contributed by atoms with Gasteiger partial charge in [-0.3, -0.25) is 0 Å². The van der Waals surface area contributed by atoms with Crippen LogP contribution in [0.25, 0.3) is 21.9 Å². The molecule has 0 radical (unpaired) electrons. The van der Waals surface area contributed by atoms with Crippen molar-refractivity contribution in [2.75, 3.05) is 27.2 Å².